The van der Waals surface area contributed by atoms with Crippen molar-refractivity contribution in [2.24, 2.45) is 0 Å². The molecule has 0 bridgehead atoms. The Morgan fingerprint density at radius 2 is 1.78 bits per heavy atom. The number of rotatable bonds is 4. The monoisotopic (exact) mass is 364 g/mol. The second-order valence-electron chi connectivity index (χ2n) is 5.95. The Morgan fingerprint density at radius 1 is 0.963 bits per heavy atom. The molecule has 0 radical (unpaired) electrons. The fraction of sp³-hybridized carbons (Fsp3) is 0.143. The van der Waals surface area contributed by atoms with Crippen molar-refractivity contribution >= 4 is 33.9 Å². The Hall–Kier alpha value is -3.54. The van der Waals surface area contributed by atoms with Crippen molar-refractivity contribution < 1.29 is 27.9 Å². The first-order chi connectivity index (χ1) is 13.1. The number of aryl methyl sites for hydroxylation is 1. The van der Waals surface area contributed by atoms with Crippen LogP contribution in [0, 0.1) is 6.92 Å². The molecule has 0 amide bonds. The summed E-state index contributed by atoms with van der Waals surface area (Å²) in [6.07, 6.45) is 0. The molecular weight excluding hydrogens is 348 g/mol. The Labute approximate surface area is 154 Å². The summed E-state index contributed by atoms with van der Waals surface area (Å²) in [4.78, 5) is 24.6. The first-order valence-corrected chi connectivity index (χ1v) is 8.48. The predicted molar refractivity (Wildman–Crippen MR) is 98.1 cm³/mol. The molecule has 2 heterocycles. The van der Waals surface area contributed by atoms with E-state index in [1.165, 1.54) is 0 Å². The average Bonchev–Trinajstić information content (AvgIpc) is 3.22. The number of carbonyl (C=O) groups is 2. The van der Waals surface area contributed by atoms with Gasteiger partial charge in [0.25, 0.3) is 0 Å². The highest BCUT2D eigenvalue weighted by atomic mass is 16.5. The van der Waals surface area contributed by atoms with Gasteiger partial charge in [0, 0.05) is 10.8 Å². The maximum absolute atomic E-state index is 12.4. The number of ether oxygens (including phenoxy) is 2. The zero-order valence-electron chi connectivity index (χ0n) is 14.8. The first kappa shape index (κ1) is 16.9. The highest BCUT2D eigenvalue weighted by molar-refractivity contribution is 6.05. The number of fused-ring (bicyclic) bond motifs is 2. The smallest absolute Gasteiger partial charge is 0.379 e. The quantitative estimate of drug-likeness (QED) is 0.379. The number of esters is 2. The molecule has 2 aromatic heterocycles. The third kappa shape index (κ3) is 3.06. The minimum Gasteiger partial charge on any atom is -0.462 e. The molecule has 27 heavy (non-hydrogen) atoms. The molecule has 0 aliphatic heterocycles. The van der Waals surface area contributed by atoms with Crippen LogP contribution in [0.2, 0.25) is 0 Å². The molecule has 0 saturated heterocycles. The van der Waals surface area contributed by atoms with Gasteiger partial charge < -0.3 is 18.3 Å². The number of carbonyl (C=O) groups excluding carboxylic acids is 2. The minimum absolute atomic E-state index is 0.102. The van der Waals surface area contributed by atoms with E-state index in [2.05, 4.69) is 0 Å². The summed E-state index contributed by atoms with van der Waals surface area (Å²) in [5.41, 5.74) is 1.45. The van der Waals surface area contributed by atoms with Crippen molar-refractivity contribution in [1.29, 1.82) is 0 Å². The van der Waals surface area contributed by atoms with Gasteiger partial charge in [-0.1, -0.05) is 18.2 Å². The van der Waals surface area contributed by atoms with Crippen molar-refractivity contribution in [1.82, 2.24) is 0 Å². The van der Waals surface area contributed by atoms with E-state index >= 15 is 0 Å². The third-order valence-electron chi connectivity index (χ3n) is 4.15. The van der Waals surface area contributed by atoms with E-state index in [4.69, 9.17) is 18.3 Å². The first-order valence-electron chi connectivity index (χ1n) is 8.48. The summed E-state index contributed by atoms with van der Waals surface area (Å²) in [5, 5.41) is 1.34. The van der Waals surface area contributed by atoms with Crippen LogP contribution in [0.15, 0.2) is 57.4 Å². The van der Waals surface area contributed by atoms with E-state index in [1.54, 1.807) is 44.2 Å². The molecular formula is C21H16O6. The molecule has 0 saturated carbocycles. The molecule has 0 spiro atoms. The highest BCUT2D eigenvalue weighted by Crippen LogP contribution is 2.30. The Bertz CT molecular complexity index is 1130. The molecule has 0 unspecified atom stereocenters. The van der Waals surface area contributed by atoms with Crippen molar-refractivity contribution in [3.05, 3.63) is 65.6 Å². The van der Waals surface area contributed by atoms with Crippen LogP contribution in [0.3, 0.4) is 0 Å². The lowest BCUT2D eigenvalue weighted by molar-refractivity contribution is 0.0526. The Balaban J connectivity index is 1.66. The Morgan fingerprint density at radius 3 is 2.56 bits per heavy atom. The highest BCUT2D eigenvalue weighted by Gasteiger charge is 2.21. The number of hydrogen-bond donors (Lipinski definition) is 0. The van der Waals surface area contributed by atoms with Crippen LogP contribution >= 0.6 is 0 Å². The maximum atomic E-state index is 12.4. The molecule has 136 valence electrons. The molecule has 6 heteroatoms. The van der Waals surface area contributed by atoms with Gasteiger partial charge in [-0.3, -0.25) is 0 Å². The lowest BCUT2D eigenvalue weighted by Crippen LogP contribution is -2.07. The van der Waals surface area contributed by atoms with Gasteiger partial charge in [-0.25, -0.2) is 9.59 Å². The predicted octanol–water partition coefficient (Wildman–Crippen LogP) is 4.88. The zero-order valence-corrected chi connectivity index (χ0v) is 14.8. The fourth-order valence-corrected chi connectivity index (χ4v) is 2.96. The van der Waals surface area contributed by atoms with Crippen molar-refractivity contribution in [3.63, 3.8) is 0 Å². The van der Waals surface area contributed by atoms with Crippen LogP contribution < -0.4 is 4.74 Å². The van der Waals surface area contributed by atoms with E-state index in [0.717, 1.165) is 5.39 Å². The second-order valence-corrected chi connectivity index (χ2v) is 5.95. The standard InChI is InChI=1S/C21H16O6/c1-3-24-21(23)19-12(2)25-17-9-8-14(11-15(17)19)26-20(22)18-10-13-6-4-5-7-16(13)27-18/h4-11H,3H2,1-2H3. The van der Waals surface area contributed by atoms with Crippen LogP contribution in [0.4, 0.5) is 0 Å². The molecule has 6 nitrogen and oxygen atoms in total. The summed E-state index contributed by atoms with van der Waals surface area (Å²) >= 11 is 0. The Kier molecular flexibility index (Phi) is 4.16. The summed E-state index contributed by atoms with van der Waals surface area (Å²) in [6.45, 7) is 3.67. The van der Waals surface area contributed by atoms with Crippen LogP contribution in [0.5, 0.6) is 5.75 Å². The topological polar surface area (TPSA) is 78.9 Å². The van der Waals surface area contributed by atoms with Crippen molar-refractivity contribution in [2.45, 2.75) is 13.8 Å². The van der Waals surface area contributed by atoms with Gasteiger partial charge in [0.05, 0.1) is 6.61 Å². The SMILES string of the molecule is CCOC(=O)c1c(C)oc2ccc(OC(=O)c3cc4ccccc4o3)cc12. The lowest BCUT2D eigenvalue weighted by atomic mass is 10.1. The van der Waals surface area contributed by atoms with Crippen molar-refractivity contribution in [3.8, 4) is 5.75 Å². The molecule has 0 atom stereocenters. The van der Waals surface area contributed by atoms with Crippen LogP contribution in [0.1, 0.15) is 33.6 Å². The average molecular weight is 364 g/mol. The normalized spacial score (nSPS) is 11.0. The second kappa shape index (κ2) is 6.64. The van der Waals surface area contributed by atoms with E-state index in [1.807, 2.05) is 18.2 Å². The molecule has 0 aliphatic carbocycles. The summed E-state index contributed by atoms with van der Waals surface area (Å²) < 4.78 is 21.6. The van der Waals surface area contributed by atoms with E-state index in [0.29, 0.717) is 27.9 Å². The molecule has 4 rings (SSSR count). The number of benzene rings is 2. The van der Waals surface area contributed by atoms with Gasteiger partial charge in [-0.2, -0.15) is 0 Å². The summed E-state index contributed by atoms with van der Waals surface area (Å²) in [6, 6.07) is 13.8. The molecule has 0 N–H and O–H groups in total. The number of furan rings is 2. The number of hydrogen-bond acceptors (Lipinski definition) is 6. The van der Waals surface area contributed by atoms with Gasteiger partial charge in [0.1, 0.15) is 28.2 Å². The number of para-hydroxylation sites is 1. The molecule has 0 fully saturated rings. The molecule has 2 aromatic carbocycles. The molecule has 4 aromatic rings. The molecule has 0 aliphatic rings. The summed E-state index contributed by atoms with van der Waals surface area (Å²) in [7, 11) is 0. The van der Waals surface area contributed by atoms with E-state index in [9.17, 15) is 9.59 Å². The zero-order chi connectivity index (χ0) is 19.0. The van der Waals surface area contributed by atoms with E-state index < -0.39 is 11.9 Å². The fourth-order valence-electron chi connectivity index (χ4n) is 2.96. The van der Waals surface area contributed by atoms with Gasteiger partial charge in [0.2, 0.25) is 5.76 Å². The minimum atomic E-state index is -0.622. The summed E-state index contributed by atoms with van der Waals surface area (Å²) in [5.74, 6) is -0.272. The van der Waals surface area contributed by atoms with Crippen molar-refractivity contribution in [2.75, 3.05) is 6.61 Å². The van der Waals surface area contributed by atoms with Crippen LogP contribution in [-0.4, -0.2) is 18.5 Å². The maximum Gasteiger partial charge on any atom is 0.379 e. The van der Waals surface area contributed by atoms with Crippen LogP contribution in [-0.2, 0) is 4.74 Å². The van der Waals surface area contributed by atoms with Gasteiger partial charge in [-0.15, -0.1) is 0 Å². The van der Waals surface area contributed by atoms with Gasteiger partial charge >= 0.3 is 11.9 Å². The van der Waals surface area contributed by atoms with Gasteiger partial charge in [-0.05, 0) is 44.2 Å². The third-order valence-corrected chi connectivity index (χ3v) is 4.15. The lowest BCUT2D eigenvalue weighted by Gasteiger charge is -2.03. The largest absolute Gasteiger partial charge is 0.462 e. The van der Waals surface area contributed by atoms with Crippen LogP contribution in [0.25, 0.3) is 21.9 Å². The van der Waals surface area contributed by atoms with Gasteiger partial charge in [0.15, 0.2) is 0 Å². The van der Waals surface area contributed by atoms with E-state index in [-0.39, 0.29) is 18.1 Å².